The van der Waals surface area contributed by atoms with Crippen molar-refractivity contribution in [1.29, 1.82) is 0 Å². The molecule has 1 fully saturated rings. The molecular weight excluding hydrogens is 588 g/mol. The van der Waals surface area contributed by atoms with Crippen LogP contribution in [0.5, 0.6) is 5.75 Å². The van der Waals surface area contributed by atoms with Gasteiger partial charge in [-0.3, -0.25) is 24.0 Å². The third kappa shape index (κ3) is 8.64. The van der Waals surface area contributed by atoms with E-state index in [9.17, 15) is 46.6 Å². The van der Waals surface area contributed by atoms with Crippen LogP contribution < -0.4 is 10.1 Å². The number of halogens is 4. The number of carbonyl (C=O) groups excluding carboxylic acids is 4. The lowest BCUT2D eigenvalue weighted by atomic mass is 9.82. The third-order valence-electron chi connectivity index (χ3n) is 7.26. The highest BCUT2D eigenvalue weighted by Gasteiger charge is 2.33. The molecule has 2 atom stereocenters. The first-order valence-corrected chi connectivity index (χ1v) is 14.0. The first kappa shape index (κ1) is 34.2. The molecule has 1 aliphatic rings. The van der Waals surface area contributed by atoms with E-state index in [1.165, 1.54) is 4.90 Å². The molecule has 0 radical (unpaired) electrons. The number of amides is 2. The molecule has 0 spiro atoms. The first-order chi connectivity index (χ1) is 20.6. The number of carboxylic acids is 1. The minimum absolute atomic E-state index is 0.0497. The molecule has 238 valence electrons. The molecule has 44 heavy (non-hydrogen) atoms. The van der Waals surface area contributed by atoms with Crippen molar-refractivity contribution in [3.05, 3.63) is 64.7 Å². The van der Waals surface area contributed by atoms with Gasteiger partial charge in [0.05, 0.1) is 12.3 Å². The number of likely N-dealkylation sites (tertiary alicyclic amines) is 1. The van der Waals surface area contributed by atoms with Gasteiger partial charge in [0.1, 0.15) is 12.6 Å². The number of carbonyl (C=O) groups is 5. The molecule has 1 aliphatic heterocycles. The molecule has 1 saturated heterocycles. The standard InChI is InChI=1S/C31H34F4N2O7/c1-31(2,3)19-10-5-4-8-17(19)12-23(38)30(43)37-11-7-6-9-18(15-37)29(42)36-22(14-25(40)41)24(39)16-44-28-26(34)20(32)13-21(33)27(28)35/h4-5,8,10,13,18,22H,6-7,9,11-12,14-16H2,1-3H3,(H,36,42)(H,40,41)/t18-,22-/m0/s1. The average molecular weight is 623 g/mol. The minimum atomic E-state index is -1.89. The van der Waals surface area contributed by atoms with Crippen LogP contribution in [0, 0.1) is 29.2 Å². The van der Waals surface area contributed by atoms with Crippen molar-refractivity contribution in [2.75, 3.05) is 19.7 Å². The summed E-state index contributed by atoms with van der Waals surface area (Å²) in [5.74, 6) is -14.6. The van der Waals surface area contributed by atoms with Crippen LogP contribution in [0.25, 0.3) is 0 Å². The zero-order chi connectivity index (χ0) is 32.8. The van der Waals surface area contributed by atoms with Crippen LogP contribution in [-0.2, 0) is 35.8 Å². The summed E-state index contributed by atoms with van der Waals surface area (Å²) in [5.41, 5.74) is 1.36. The smallest absolute Gasteiger partial charge is 0.305 e. The van der Waals surface area contributed by atoms with Crippen LogP contribution in [0.4, 0.5) is 17.6 Å². The Balaban J connectivity index is 1.69. The number of Topliss-reactive ketones (excluding diaryl/α,β-unsaturated/α-hetero) is 2. The van der Waals surface area contributed by atoms with Gasteiger partial charge in [0, 0.05) is 25.6 Å². The molecule has 2 amide bonds. The SMILES string of the molecule is CC(C)(C)c1ccccc1CC(=O)C(=O)N1CCCC[C@H](C(=O)N[C@@H](CC(=O)O)C(=O)COc2c(F)c(F)cc(F)c2F)C1. The van der Waals surface area contributed by atoms with Gasteiger partial charge in [-0.1, -0.05) is 51.5 Å². The number of hydrogen-bond acceptors (Lipinski definition) is 6. The molecule has 0 saturated carbocycles. The van der Waals surface area contributed by atoms with Crippen molar-refractivity contribution < 1.29 is 51.4 Å². The van der Waals surface area contributed by atoms with E-state index >= 15 is 0 Å². The van der Waals surface area contributed by atoms with Crippen molar-refractivity contribution in [3.8, 4) is 5.75 Å². The van der Waals surface area contributed by atoms with E-state index in [-0.39, 0.29) is 37.4 Å². The summed E-state index contributed by atoms with van der Waals surface area (Å²) in [6.45, 7) is 4.80. The largest absolute Gasteiger partial charge is 0.481 e. The second-order valence-corrected chi connectivity index (χ2v) is 11.7. The predicted octanol–water partition coefficient (Wildman–Crippen LogP) is 3.89. The van der Waals surface area contributed by atoms with Crippen LogP contribution in [0.3, 0.4) is 0 Å². The Bertz CT molecular complexity index is 1410. The van der Waals surface area contributed by atoms with Gasteiger partial charge < -0.3 is 20.1 Å². The summed E-state index contributed by atoms with van der Waals surface area (Å²) in [4.78, 5) is 64.7. The Morgan fingerprint density at radius 1 is 1.02 bits per heavy atom. The fourth-order valence-electron chi connectivity index (χ4n) is 5.00. The number of aliphatic carboxylic acids is 1. The Morgan fingerprint density at radius 2 is 1.66 bits per heavy atom. The number of hydrogen-bond donors (Lipinski definition) is 2. The van der Waals surface area contributed by atoms with Gasteiger partial charge in [0.25, 0.3) is 5.91 Å². The lowest BCUT2D eigenvalue weighted by molar-refractivity contribution is -0.145. The van der Waals surface area contributed by atoms with E-state index in [4.69, 9.17) is 0 Å². The summed E-state index contributed by atoms with van der Waals surface area (Å²) in [7, 11) is 0. The topological polar surface area (TPSA) is 130 Å². The van der Waals surface area contributed by atoms with Crippen molar-refractivity contribution in [3.63, 3.8) is 0 Å². The lowest BCUT2D eigenvalue weighted by Gasteiger charge is -2.26. The highest BCUT2D eigenvalue weighted by atomic mass is 19.2. The van der Waals surface area contributed by atoms with Crippen LogP contribution in [0.15, 0.2) is 30.3 Å². The maximum Gasteiger partial charge on any atom is 0.305 e. The van der Waals surface area contributed by atoms with E-state index in [2.05, 4.69) is 10.1 Å². The van der Waals surface area contributed by atoms with Crippen LogP contribution >= 0.6 is 0 Å². The molecule has 9 nitrogen and oxygen atoms in total. The molecule has 13 heteroatoms. The van der Waals surface area contributed by atoms with Gasteiger partial charge in [-0.05, 0) is 29.4 Å². The summed E-state index contributed by atoms with van der Waals surface area (Å²) in [5, 5.41) is 11.5. The van der Waals surface area contributed by atoms with Crippen molar-refractivity contribution in [1.82, 2.24) is 10.2 Å². The van der Waals surface area contributed by atoms with Gasteiger partial charge in [-0.25, -0.2) is 8.78 Å². The zero-order valence-electron chi connectivity index (χ0n) is 24.6. The number of carboxylic acid groups (broad SMARTS) is 1. The van der Waals surface area contributed by atoms with Gasteiger partial charge in [-0.2, -0.15) is 8.78 Å². The van der Waals surface area contributed by atoms with Gasteiger partial charge >= 0.3 is 5.97 Å². The van der Waals surface area contributed by atoms with Crippen molar-refractivity contribution in [2.45, 2.75) is 64.3 Å². The third-order valence-corrected chi connectivity index (χ3v) is 7.26. The van der Waals surface area contributed by atoms with Crippen LogP contribution in [-0.4, -0.2) is 65.1 Å². The Labute approximate surface area is 251 Å². The highest BCUT2D eigenvalue weighted by Crippen LogP contribution is 2.28. The second-order valence-electron chi connectivity index (χ2n) is 11.7. The van der Waals surface area contributed by atoms with E-state index in [0.29, 0.717) is 18.4 Å². The molecule has 1 heterocycles. The molecular formula is C31H34F4N2O7. The van der Waals surface area contributed by atoms with Crippen molar-refractivity contribution >= 4 is 29.4 Å². The average Bonchev–Trinajstić information content (AvgIpc) is 3.21. The predicted molar refractivity (Wildman–Crippen MR) is 149 cm³/mol. The van der Waals surface area contributed by atoms with Crippen LogP contribution in [0.1, 0.15) is 57.6 Å². The number of nitrogens with one attached hydrogen (secondary N) is 1. The fraction of sp³-hybridized carbons (Fsp3) is 0.452. The Kier molecular flexibility index (Phi) is 11.2. The van der Waals surface area contributed by atoms with Gasteiger partial charge in [0.2, 0.25) is 23.3 Å². The zero-order valence-corrected chi connectivity index (χ0v) is 24.6. The summed E-state index contributed by atoms with van der Waals surface area (Å²) in [6, 6.07) is 5.52. The number of benzene rings is 2. The Hall–Kier alpha value is -4.29. The van der Waals surface area contributed by atoms with Gasteiger partial charge in [0.15, 0.2) is 23.2 Å². The number of rotatable bonds is 11. The number of nitrogens with zero attached hydrogens (tertiary/aromatic N) is 1. The normalized spacial score (nSPS) is 16.1. The molecule has 0 aliphatic carbocycles. The lowest BCUT2D eigenvalue weighted by Crippen LogP contribution is -2.49. The van der Waals surface area contributed by atoms with E-state index in [1.807, 2.05) is 32.9 Å². The molecule has 2 aromatic rings. The van der Waals surface area contributed by atoms with E-state index in [1.54, 1.807) is 12.1 Å². The molecule has 2 aromatic carbocycles. The molecule has 0 unspecified atom stereocenters. The summed E-state index contributed by atoms with van der Waals surface area (Å²) < 4.78 is 59.4. The van der Waals surface area contributed by atoms with E-state index < -0.39 is 83.4 Å². The second kappa shape index (κ2) is 14.5. The number of ether oxygens (including phenoxy) is 1. The maximum atomic E-state index is 13.9. The quantitative estimate of drug-likeness (QED) is 0.221. The fourth-order valence-corrected chi connectivity index (χ4v) is 5.00. The Morgan fingerprint density at radius 3 is 2.27 bits per heavy atom. The minimum Gasteiger partial charge on any atom is -0.481 e. The molecule has 2 N–H and O–H groups in total. The van der Waals surface area contributed by atoms with E-state index in [0.717, 1.165) is 5.56 Å². The van der Waals surface area contributed by atoms with Crippen LogP contribution in [0.2, 0.25) is 0 Å². The first-order valence-electron chi connectivity index (χ1n) is 14.0. The molecule has 0 bridgehead atoms. The highest BCUT2D eigenvalue weighted by molar-refractivity contribution is 6.36. The maximum absolute atomic E-state index is 13.9. The number of ketones is 2. The van der Waals surface area contributed by atoms with Gasteiger partial charge in [-0.15, -0.1) is 0 Å². The molecule has 0 aromatic heterocycles. The summed E-state index contributed by atoms with van der Waals surface area (Å²) in [6.07, 6.45) is 0.185. The monoisotopic (exact) mass is 622 g/mol. The van der Waals surface area contributed by atoms with Crippen molar-refractivity contribution in [2.24, 2.45) is 5.92 Å². The molecule has 3 rings (SSSR count). The summed E-state index contributed by atoms with van der Waals surface area (Å²) >= 11 is 0.